The molecule has 4 rings (SSSR count). The normalized spacial score (nSPS) is 40.8. The molecule has 7 atom stereocenters. The second kappa shape index (κ2) is 11.1. The molecule has 0 spiro atoms. The molecule has 4 saturated carbocycles. The minimum atomic E-state index is 0.245. The second-order valence-electron chi connectivity index (χ2n) is 10.6. The van der Waals surface area contributed by atoms with Gasteiger partial charge >= 0.3 is 0 Å². The number of fused-ring (bicyclic) bond motifs is 5. The van der Waals surface area contributed by atoms with E-state index in [-0.39, 0.29) is 5.41 Å². The van der Waals surface area contributed by atoms with Crippen LogP contribution in [0, 0.1) is 40.4 Å². The van der Waals surface area contributed by atoms with Gasteiger partial charge in [-0.1, -0.05) is 47.5 Å². The Hall–Kier alpha value is -1.19. The van der Waals surface area contributed by atoms with E-state index in [1.807, 2.05) is 13.8 Å². The van der Waals surface area contributed by atoms with Crippen LogP contribution in [-0.2, 0) is 19.1 Å². The van der Waals surface area contributed by atoms with Crippen molar-refractivity contribution in [3.63, 3.8) is 0 Å². The molecule has 0 aromatic rings. The Morgan fingerprint density at radius 1 is 1.00 bits per heavy atom. The highest BCUT2D eigenvalue weighted by Crippen LogP contribution is 2.66. The fraction of sp³-hybridized carbons (Fsp3) is 0.889. The van der Waals surface area contributed by atoms with E-state index in [1.54, 1.807) is 0 Å². The van der Waals surface area contributed by atoms with E-state index >= 15 is 0 Å². The lowest BCUT2D eigenvalue weighted by atomic mass is 9.44. The summed E-state index contributed by atoms with van der Waals surface area (Å²) in [5.74, 6) is 3.57. The third-order valence-corrected chi connectivity index (χ3v) is 9.48. The van der Waals surface area contributed by atoms with Crippen molar-refractivity contribution in [3.05, 3.63) is 0 Å². The van der Waals surface area contributed by atoms with Crippen molar-refractivity contribution in [2.75, 3.05) is 7.11 Å². The lowest BCUT2D eigenvalue weighted by Gasteiger charge is -2.59. The Labute approximate surface area is 190 Å². The number of unbranched alkanes of at least 4 members (excludes halogenated alkanes) is 1. The quantitative estimate of drug-likeness (QED) is 0.480. The lowest BCUT2D eigenvalue weighted by Crippen LogP contribution is -2.56. The minimum absolute atomic E-state index is 0.245. The number of hydrogen-bond donors (Lipinski definition) is 0. The summed E-state index contributed by atoms with van der Waals surface area (Å²) in [6, 6.07) is 0. The maximum atomic E-state index is 13.2. The molecule has 0 aromatic heterocycles. The molecular formula is C27H46O4. The van der Waals surface area contributed by atoms with Gasteiger partial charge in [0.1, 0.15) is 11.6 Å². The van der Waals surface area contributed by atoms with E-state index in [0.717, 1.165) is 18.8 Å². The number of ketones is 2. The number of methoxy groups -OCH3 is 1. The van der Waals surface area contributed by atoms with Crippen LogP contribution in [0.2, 0.25) is 0 Å². The van der Waals surface area contributed by atoms with Crippen molar-refractivity contribution in [3.8, 4) is 0 Å². The molecule has 0 radical (unpaired) electrons. The predicted octanol–water partition coefficient (Wildman–Crippen LogP) is 6.40. The average Bonchev–Trinajstić information content (AvgIpc) is 3.11. The maximum Gasteiger partial charge on any atom is 0.292 e. The Balaban J connectivity index is 0.000000513. The molecule has 0 aliphatic heterocycles. The van der Waals surface area contributed by atoms with Crippen LogP contribution < -0.4 is 0 Å². The van der Waals surface area contributed by atoms with E-state index in [2.05, 4.69) is 25.5 Å². The fourth-order valence-electron chi connectivity index (χ4n) is 7.76. The zero-order chi connectivity index (χ0) is 23.2. The van der Waals surface area contributed by atoms with Crippen LogP contribution in [0.4, 0.5) is 0 Å². The average molecular weight is 435 g/mol. The third kappa shape index (κ3) is 4.93. The SMILES string of the molecule is CC.CCCCC1CCC2C3C(=O)CC4CC(=O)CCC4(C)C3CCC12C.COC=O. The largest absolute Gasteiger partial charge is 0.471 e. The predicted molar refractivity (Wildman–Crippen MR) is 125 cm³/mol. The summed E-state index contributed by atoms with van der Waals surface area (Å²) in [7, 11) is 1.31. The number of Topliss-reactive ketones (excluding diaryl/α,β-unsaturated/α-hetero) is 2. The Morgan fingerprint density at radius 2 is 1.65 bits per heavy atom. The van der Waals surface area contributed by atoms with Gasteiger partial charge in [-0.3, -0.25) is 14.4 Å². The topological polar surface area (TPSA) is 60.4 Å². The molecule has 4 fully saturated rings. The van der Waals surface area contributed by atoms with Gasteiger partial charge in [0, 0.05) is 25.2 Å². The molecule has 0 aromatic carbocycles. The van der Waals surface area contributed by atoms with Crippen molar-refractivity contribution < 1.29 is 19.1 Å². The van der Waals surface area contributed by atoms with Crippen molar-refractivity contribution in [2.45, 2.75) is 105 Å². The lowest BCUT2D eigenvalue weighted by molar-refractivity contribution is -0.158. The molecule has 7 unspecified atom stereocenters. The van der Waals surface area contributed by atoms with Crippen molar-refractivity contribution in [2.24, 2.45) is 40.4 Å². The molecule has 0 N–H and O–H groups in total. The minimum Gasteiger partial charge on any atom is -0.471 e. The summed E-state index contributed by atoms with van der Waals surface area (Å²) in [6.45, 7) is 11.6. The van der Waals surface area contributed by atoms with Gasteiger partial charge < -0.3 is 4.74 Å². The smallest absolute Gasteiger partial charge is 0.292 e. The monoisotopic (exact) mass is 434 g/mol. The van der Waals surface area contributed by atoms with Crippen LogP contribution in [0.5, 0.6) is 0 Å². The molecule has 178 valence electrons. The first-order chi connectivity index (χ1) is 14.8. The molecule has 0 saturated heterocycles. The van der Waals surface area contributed by atoms with Gasteiger partial charge in [0.2, 0.25) is 0 Å². The van der Waals surface area contributed by atoms with Gasteiger partial charge in [-0.05, 0) is 73.0 Å². The number of rotatable bonds is 4. The highest BCUT2D eigenvalue weighted by Gasteiger charge is 2.62. The van der Waals surface area contributed by atoms with Gasteiger partial charge in [-0.25, -0.2) is 0 Å². The van der Waals surface area contributed by atoms with E-state index in [9.17, 15) is 9.59 Å². The standard InChI is InChI=1S/C23H36O2.C2H4O2.C2H6/c1-4-5-6-15-7-8-18-21-19(10-12-22(15,18)2)23(3)11-9-17(24)13-16(23)14-20(21)25;1-4-2-3;1-2/h15-16,18-19,21H,4-14H2,1-3H3;2H,1H3;1-2H3. The van der Waals surface area contributed by atoms with Gasteiger partial charge in [-0.15, -0.1) is 0 Å². The van der Waals surface area contributed by atoms with E-state index in [1.165, 1.54) is 52.1 Å². The zero-order valence-corrected chi connectivity index (χ0v) is 20.9. The number of ether oxygens (including phenoxy) is 1. The first-order valence-corrected chi connectivity index (χ1v) is 12.8. The van der Waals surface area contributed by atoms with Crippen LogP contribution in [0.3, 0.4) is 0 Å². The van der Waals surface area contributed by atoms with Crippen molar-refractivity contribution in [1.29, 1.82) is 0 Å². The molecule has 0 bridgehead atoms. The Kier molecular flexibility index (Phi) is 9.33. The summed E-state index contributed by atoms with van der Waals surface area (Å²) in [4.78, 5) is 34.2. The van der Waals surface area contributed by atoms with Crippen molar-refractivity contribution >= 4 is 18.0 Å². The van der Waals surface area contributed by atoms with Gasteiger partial charge in [0.25, 0.3) is 6.47 Å². The number of carbonyl (C=O) groups is 3. The number of hydrogen-bond acceptors (Lipinski definition) is 4. The zero-order valence-electron chi connectivity index (χ0n) is 20.9. The number of carbonyl (C=O) groups excluding carboxylic acids is 3. The second-order valence-corrected chi connectivity index (χ2v) is 10.6. The Morgan fingerprint density at radius 3 is 2.26 bits per heavy atom. The summed E-state index contributed by atoms with van der Waals surface area (Å²) < 4.78 is 3.86. The van der Waals surface area contributed by atoms with Crippen LogP contribution in [-0.4, -0.2) is 25.1 Å². The van der Waals surface area contributed by atoms with Crippen LogP contribution in [0.25, 0.3) is 0 Å². The first-order valence-electron chi connectivity index (χ1n) is 12.8. The summed E-state index contributed by atoms with van der Waals surface area (Å²) >= 11 is 0. The molecule has 31 heavy (non-hydrogen) atoms. The summed E-state index contributed by atoms with van der Waals surface area (Å²) in [5.41, 5.74) is 0.648. The molecule has 4 heteroatoms. The molecule has 4 aliphatic rings. The Bertz CT molecular complexity index is 629. The molecule has 4 aliphatic carbocycles. The third-order valence-electron chi connectivity index (χ3n) is 9.48. The first kappa shape index (κ1) is 26.1. The summed E-state index contributed by atoms with van der Waals surface area (Å²) in [6.07, 6.45) is 12.3. The van der Waals surface area contributed by atoms with E-state index in [4.69, 9.17) is 4.79 Å². The van der Waals surface area contributed by atoms with Crippen LogP contribution >= 0.6 is 0 Å². The summed E-state index contributed by atoms with van der Waals surface area (Å²) in [5, 5.41) is 0. The molecule has 4 nitrogen and oxygen atoms in total. The van der Waals surface area contributed by atoms with Crippen LogP contribution in [0.1, 0.15) is 105 Å². The van der Waals surface area contributed by atoms with Crippen molar-refractivity contribution in [1.82, 2.24) is 0 Å². The van der Waals surface area contributed by atoms with Gasteiger partial charge in [0.15, 0.2) is 0 Å². The molecule has 0 amide bonds. The molecule has 0 heterocycles. The highest BCUT2D eigenvalue weighted by atomic mass is 16.5. The fourth-order valence-corrected chi connectivity index (χ4v) is 7.76. The van der Waals surface area contributed by atoms with E-state index in [0.29, 0.717) is 60.0 Å². The highest BCUT2D eigenvalue weighted by molar-refractivity contribution is 5.86. The maximum absolute atomic E-state index is 13.2. The molecular weight excluding hydrogens is 388 g/mol. The van der Waals surface area contributed by atoms with Gasteiger partial charge in [-0.2, -0.15) is 0 Å². The van der Waals surface area contributed by atoms with Gasteiger partial charge in [0.05, 0.1) is 7.11 Å². The van der Waals surface area contributed by atoms with Crippen LogP contribution in [0.15, 0.2) is 0 Å². The van der Waals surface area contributed by atoms with E-state index < -0.39 is 0 Å².